The summed E-state index contributed by atoms with van der Waals surface area (Å²) in [6.45, 7) is 7.99. The fourth-order valence-corrected chi connectivity index (χ4v) is 2.44. The van der Waals surface area contributed by atoms with Gasteiger partial charge in [-0.2, -0.15) is 0 Å². The molecule has 2 aromatic heterocycles. The minimum Gasteiger partial charge on any atom is -0.493 e. The third-order valence-corrected chi connectivity index (χ3v) is 4.49. The molecule has 0 saturated carbocycles. The second kappa shape index (κ2) is 4.82. The van der Waals surface area contributed by atoms with Crippen LogP contribution in [0.5, 0.6) is 5.75 Å². The van der Waals surface area contributed by atoms with Gasteiger partial charge in [0.15, 0.2) is 17.7 Å². The molecule has 0 atom stereocenters. The quantitative estimate of drug-likeness (QED) is 0.634. The molecule has 0 aromatic carbocycles. The summed E-state index contributed by atoms with van der Waals surface area (Å²) in [5.74, 6) is 0.570. The molecular formula is C15H19BN2O4. The van der Waals surface area contributed by atoms with Crippen molar-refractivity contribution < 1.29 is 18.8 Å². The Kier molecular flexibility index (Phi) is 3.30. The average molecular weight is 302 g/mol. The molecular weight excluding hydrogens is 283 g/mol. The van der Waals surface area contributed by atoms with E-state index in [1.807, 2.05) is 33.8 Å². The highest BCUT2D eigenvalue weighted by atomic mass is 16.7. The lowest BCUT2D eigenvalue weighted by molar-refractivity contribution is 0.00578. The lowest BCUT2D eigenvalue weighted by atomic mass is 9.80. The van der Waals surface area contributed by atoms with E-state index in [-0.39, 0.29) is 0 Å². The van der Waals surface area contributed by atoms with Crippen molar-refractivity contribution in [1.82, 2.24) is 9.38 Å². The number of aromatic nitrogens is 2. The first-order valence-corrected chi connectivity index (χ1v) is 7.15. The lowest BCUT2D eigenvalue weighted by Crippen LogP contribution is -2.41. The van der Waals surface area contributed by atoms with Crippen molar-refractivity contribution in [2.45, 2.75) is 38.9 Å². The summed E-state index contributed by atoms with van der Waals surface area (Å²) in [4.78, 5) is 15.4. The monoisotopic (exact) mass is 302 g/mol. The number of nitrogens with zero attached hydrogens (tertiary/aromatic N) is 2. The summed E-state index contributed by atoms with van der Waals surface area (Å²) < 4.78 is 19.2. The fourth-order valence-electron chi connectivity index (χ4n) is 2.44. The molecule has 0 amide bonds. The second-order valence-electron chi connectivity index (χ2n) is 6.42. The Morgan fingerprint density at radius 1 is 1.27 bits per heavy atom. The largest absolute Gasteiger partial charge is 0.496 e. The van der Waals surface area contributed by atoms with Gasteiger partial charge in [0.1, 0.15) is 5.69 Å². The topological polar surface area (TPSA) is 62.1 Å². The molecule has 1 aliphatic heterocycles. The van der Waals surface area contributed by atoms with Gasteiger partial charge in [0.2, 0.25) is 0 Å². The molecule has 116 valence electrons. The van der Waals surface area contributed by atoms with Crippen molar-refractivity contribution in [2.24, 2.45) is 0 Å². The number of hydrogen-bond acceptors (Lipinski definition) is 5. The van der Waals surface area contributed by atoms with E-state index in [0.29, 0.717) is 17.1 Å². The van der Waals surface area contributed by atoms with E-state index in [1.54, 1.807) is 17.7 Å². The number of pyridine rings is 1. The zero-order chi connectivity index (χ0) is 16.1. The third-order valence-electron chi connectivity index (χ3n) is 4.49. The Hall–Kier alpha value is -1.86. The highest BCUT2D eigenvalue weighted by molar-refractivity contribution is 6.62. The fraction of sp³-hybridized carbons (Fsp3) is 0.467. The maximum Gasteiger partial charge on any atom is 0.496 e. The van der Waals surface area contributed by atoms with Gasteiger partial charge in [-0.3, -0.25) is 9.20 Å². The van der Waals surface area contributed by atoms with E-state index >= 15 is 0 Å². The number of ether oxygens (including phenoxy) is 1. The van der Waals surface area contributed by atoms with Crippen LogP contribution in [0.3, 0.4) is 0 Å². The van der Waals surface area contributed by atoms with E-state index in [9.17, 15) is 4.79 Å². The van der Waals surface area contributed by atoms with Crippen molar-refractivity contribution in [3.63, 3.8) is 0 Å². The van der Waals surface area contributed by atoms with Crippen LogP contribution in [0.2, 0.25) is 0 Å². The molecule has 7 heteroatoms. The second-order valence-corrected chi connectivity index (χ2v) is 6.42. The molecule has 3 rings (SSSR count). The number of aldehydes is 1. The standard InChI is InChI=1S/C15H19BN2O4/c1-14(2)15(3,4)22-16(21-14)10-6-12(20-5)13-17-7-11(9-19)18(13)8-10/h6-9H,1-5H3. The number of rotatable bonds is 3. The number of imidazole rings is 1. The van der Waals surface area contributed by atoms with Gasteiger partial charge in [0, 0.05) is 11.7 Å². The van der Waals surface area contributed by atoms with E-state index in [4.69, 9.17) is 14.0 Å². The summed E-state index contributed by atoms with van der Waals surface area (Å²) in [7, 11) is 1.05. The van der Waals surface area contributed by atoms with Crippen LogP contribution in [0.15, 0.2) is 18.5 Å². The van der Waals surface area contributed by atoms with Crippen LogP contribution in [0.4, 0.5) is 0 Å². The molecule has 0 N–H and O–H groups in total. The van der Waals surface area contributed by atoms with Crippen LogP contribution >= 0.6 is 0 Å². The van der Waals surface area contributed by atoms with Crippen molar-refractivity contribution in [1.29, 1.82) is 0 Å². The first-order chi connectivity index (χ1) is 10.3. The molecule has 0 bridgehead atoms. The number of methoxy groups -OCH3 is 1. The van der Waals surface area contributed by atoms with Crippen LogP contribution < -0.4 is 10.2 Å². The van der Waals surface area contributed by atoms with E-state index < -0.39 is 18.3 Å². The molecule has 0 unspecified atom stereocenters. The highest BCUT2D eigenvalue weighted by Gasteiger charge is 2.52. The zero-order valence-corrected chi connectivity index (χ0v) is 13.4. The molecule has 1 saturated heterocycles. The Bertz CT molecular complexity index is 722. The zero-order valence-electron chi connectivity index (χ0n) is 13.4. The van der Waals surface area contributed by atoms with E-state index in [0.717, 1.165) is 11.7 Å². The number of hydrogen-bond donors (Lipinski definition) is 0. The van der Waals surface area contributed by atoms with Crippen molar-refractivity contribution >= 4 is 24.5 Å². The Morgan fingerprint density at radius 2 is 1.91 bits per heavy atom. The van der Waals surface area contributed by atoms with Crippen molar-refractivity contribution in [3.8, 4) is 5.75 Å². The summed E-state index contributed by atoms with van der Waals surface area (Å²) >= 11 is 0. The van der Waals surface area contributed by atoms with Gasteiger partial charge in [0.05, 0.1) is 24.5 Å². The summed E-state index contributed by atoms with van der Waals surface area (Å²) in [5, 5.41) is 0. The predicted octanol–water partition coefficient (Wildman–Crippen LogP) is 1.45. The molecule has 1 aliphatic rings. The highest BCUT2D eigenvalue weighted by Crippen LogP contribution is 2.36. The number of carbonyl (C=O) groups excluding carboxylic acids is 1. The van der Waals surface area contributed by atoms with E-state index in [1.165, 1.54) is 6.20 Å². The van der Waals surface area contributed by atoms with Crippen molar-refractivity contribution in [3.05, 3.63) is 24.2 Å². The van der Waals surface area contributed by atoms with Crippen LogP contribution in [0.1, 0.15) is 38.2 Å². The Morgan fingerprint density at radius 3 is 2.45 bits per heavy atom. The molecule has 0 aliphatic carbocycles. The van der Waals surface area contributed by atoms with Gasteiger partial charge in [-0.15, -0.1) is 0 Å². The molecule has 0 spiro atoms. The predicted molar refractivity (Wildman–Crippen MR) is 82.8 cm³/mol. The molecule has 1 fully saturated rings. The van der Waals surface area contributed by atoms with Gasteiger partial charge >= 0.3 is 7.12 Å². The minimum atomic E-state index is -0.523. The number of fused-ring (bicyclic) bond motifs is 1. The third kappa shape index (κ3) is 2.12. The SMILES string of the molecule is COc1cc(B2OC(C)(C)C(C)(C)O2)cn2c(C=O)cnc12. The molecule has 3 heterocycles. The summed E-state index contributed by atoms with van der Waals surface area (Å²) in [6.07, 6.45) is 4.07. The van der Waals surface area contributed by atoms with Gasteiger partial charge in [-0.25, -0.2) is 4.98 Å². The number of carbonyl (C=O) groups is 1. The maximum atomic E-state index is 11.2. The van der Waals surface area contributed by atoms with Gasteiger partial charge in [-0.05, 0) is 33.8 Å². The molecule has 6 nitrogen and oxygen atoms in total. The summed E-state index contributed by atoms with van der Waals surface area (Å²) in [6, 6.07) is 1.83. The van der Waals surface area contributed by atoms with Crippen LogP contribution in [0.25, 0.3) is 5.65 Å². The molecule has 0 radical (unpaired) electrons. The van der Waals surface area contributed by atoms with Crippen LogP contribution in [0, 0.1) is 0 Å². The molecule has 22 heavy (non-hydrogen) atoms. The van der Waals surface area contributed by atoms with Crippen LogP contribution in [-0.2, 0) is 9.31 Å². The van der Waals surface area contributed by atoms with Gasteiger partial charge in [-0.1, -0.05) is 0 Å². The van der Waals surface area contributed by atoms with Crippen molar-refractivity contribution in [2.75, 3.05) is 7.11 Å². The smallest absolute Gasteiger partial charge is 0.493 e. The van der Waals surface area contributed by atoms with E-state index in [2.05, 4.69) is 4.98 Å². The molecule has 2 aromatic rings. The normalized spacial score (nSPS) is 19.6. The van der Waals surface area contributed by atoms with Crippen LogP contribution in [-0.4, -0.2) is 41.1 Å². The average Bonchev–Trinajstić information content (AvgIpc) is 2.96. The summed E-state index contributed by atoms with van der Waals surface area (Å²) in [5.41, 5.74) is 0.963. The Labute approximate surface area is 129 Å². The Balaban J connectivity index is 2.10. The van der Waals surface area contributed by atoms with Gasteiger partial charge in [0.25, 0.3) is 0 Å². The first kappa shape index (κ1) is 15.1. The lowest BCUT2D eigenvalue weighted by Gasteiger charge is -2.32. The minimum absolute atomic E-state index is 0.428. The first-order valence-electron chi connectivity index (χ1n) is 7.15. The van der Waals surface area contributed by atoms with Gasteiger partial charge < -0.3 is 14.0 Å². The maximum absolute atomic E-state index is 11.2.